The van der Waals surface area contributed by atoms with E-state index in [4.69, 9.17) is 0 Å². The Labute approximate surface area is 105 Å². The Balaban J connectivity index is 1.88. The van der Waals surface area contributed by atoms with Crippen LogP contribution in [0.25, 0.3) is 0 Å². The molecule has 98 valence electrons. The molecule has 5 heteroatoms. The fourth-order valence-corrected chi connectivity index (χ4v) is 1.72. The summed E-state index contributed by atoms with van der Waals surface area (Å²) in [6.07, 6.45) is 2.06. The summed E-state index contributed by atoms with van der Waals surface area (Å²) in [6, 6.07) is 3.93. The van der Waals surface area contributed by atoms with Gasteiger partial charge in [0.1, 0.15) is 0 Å². The van der Waals surface area contributed by atoms with Crippen LogP contribution in [0.15, 0.2) is 18.2 Å². The van der Waals surface area contributed by atoms with Crippen molar-refractivity contribution in [2.75, 3.05) is 6.54 Å². The maximum atomic E-state index is 13.5. The van der Waals surface area contributed by atoms with Crippen molar-refractivity contribution in [1.29, 1.82) is 0 Å². The van der Waals surface area contributed by atoms with Gasteiger partial charge >= 0.3 is 0 Å². The molecule has 0 saturated heterocycles. The van der Waals surface area contributed by atoms with Crippen LogP contribution < -0.4 is 10.6 Å². The predicted molar refractivity (Wildman–Crippen MR) is 63.9 cm³/mol. The largest absolute Gasteiger partial charge is 0.352 e. The van der Waals surface area contributed by atoms with Crippen LogP contribution in [0.3, 0.4) is 0 Å². The maximum absolute atomic E-state index is 13.5. The maximum Gasteiger partial charge on any atom is 0.234 e. The molecule has 1 aliphatic rings. The van der Waals surface area contributed by atoms with Gasteiger partial charge in [-0.25, -0.2) is 8.78 Å². The van der Waals surface area contributed by atoms with E-state index in [1.54, 1.807) is 6.92 Å². The second kappa shape index (κ2) is 5.44. The van der Waals surface area contributed by atoms with Crippen molar-refractivity contribution in [3.8, 4) is 0 Å². The van der Waals surface area contributed by atoms with E-state index in [2.05, 4.69) is 10.6 Å². The molecule has 1 unspecified atom stereocenters. The van der Waals surface area contributed by atoms with E-state index in [9.17, 15) is 13.6 Å². The lowest BCUT2D eigenvalue weighted by Gasteiger charge is -2.15. The highest BCUT2D eigenvalue weighted by molar-refractivity contribution is 5.78. The Morgan fingerprint density at radius 2 is 2.17 bits per heavy atom. The predicted octanol–water partition coefficient (Wildman–Crippen LogP) is 1.89. The Hall–Kier alpha value is -1.49. The first-order valence-electron chi connectivity index (χ1n) is 6.04. The fraction of sp³-hybridized carbons (Fsp3) is 0.462. The van der Waals surface area contributed by atoms with Crippen molar-refractivity contribution in [3.05, 3.63) is 35.4 Å². The molecule has 0 aliphatic heterocycles. The van der Waals surface area contributed by atoms with Crippen molar-refractivity contribution in [2.45, 2.75) is 31.8 Å². The summed E-state index contributed by atoms with van der Waals surface area (Å²) in [5.41, 5.74) is 0.231. The number of carbonyl (C=O) groups is 1. The molecular weight excluding hydrogens is 238 g/mol. The molecule has 1 aromatic rings. The fourth-order valence-electron chi connectivity index (χ4n) is 1.72. The summed E-state index contributed by atoms with van der Waals surface area (Å²) in [5, 5.41) is 5.70. The Kier molecular flexibility index (Phi) is 3.91. The van der Waals surface area contributed by atoms with Crippen LogP contribution in [-0.4, -0.2) is 18.5 Å². The molecule has 0 aromatic heterocycles. The van der Waals surface area contributed by atoms with E-state index in [1.807, 2.05) is 0 Å². The van der Waals surface area contributed by atoms with E-state index in [0.29, 0.717) is 6.04 Å². The standard InChI is InChI=1S/C13H16F2N2O/c1-8(10-3-2-4-11(14)13(10)15)16-7-12(18)17-9-5-6-9/h2-4,8-9,16H,5-7H2,1H3,(H,17,18). The minimum Gasteiger partial charge on any atom is -0.352 e. The van der Waals surface area contributed by atoms with Gasteiger partial charge in [0.2, 0.25) is 5.91 Å². The second-order valence-corrected chi connectivity index (χ2v) is 4.59. The van der Waals surface area contributed by atoms with Crippen LogP contribution in [0.1, 0.15) is 31.4 Å². The lowest BCUT2D eigenvalue weighted by Crippen LogP contribution is -2.36. The molecule has 1 fully saturated rings. The van der Waals surface area contributed by atoms with Gasteiger partial charge in [0.25, 0.3) is 0 Å². The molecule has 1 amide bonds. The Morgan fingerprint density at radius 3 is 2.83 bits per heavy atom. The van der Waals surface area contributed by atoms with Crippen molar-refractivity contribution >= 4 is 5.91 Å². The number of carbonyl (C=O) groups excluding carboxylic acids is 1. The zero-order valence-electron chi connectivity index (χ0n) is 10.2. The van der Waals surface area contributed by atoms with Gasteiger partial charge in [0, 0.05) is 17.6 Å². The van der Waals surface area contributed by atoms with E-state index in [1.165, 1.54) is 12.1 Å². The third-order valence-corrected chi connectivity index (χ3v) is 2.96. The lowest BCUT2D eigenvalue weighted by atomic mass is 10.1. The molecule has 2 N–H and O–H groups in total. The first-order chi connectivity index (χ1) is 8.58. The number of hydrogen-bond donors (Lipinski definition) is 2. The van der Waals surface area contributed by atoms with Crippen LogP contribution in [0, 0.1) is 11.6 Å². The van der Waals surface area contributed by atoms with Crippen molar-refractivity contribution < 1.29 is 13.6 Å². The number of rotatable bonds is 5. The Morgan fingerprint density at radius 1 is 1.44 bits per heavy atom. The topological polar surface area (TPSA) is 41.1 Å². The minimum absolute atomic E-state index is 0.105. The quantitative estimate of drug-likeness (QED) is 0.842. The molecule has 0 heterocycles. The van der Waals surface area contributed by atoms with E-state index in [-0.39, 0.29) is 18.0 Å². The smallest absolute Gasteiger partial charge is 0.234 e. The number of hydrogen-bond acceptors (Lipinski definition) is 2. The van der Waals surface area contributed by atoms with Gasteiger partial charge < -0.3 is 10.6 Å². The third-order valence-electron chi connectivity index (χ3n) is 2.96. The molecule has 0 bridgehead atoms. The van der Waals surface area contributed by atoms with Gasteiger partial charge in [-0.3, -0.25) is 4.79 Å². The number of halogens is 2. The van der Waals surface area contributed by atoms with Crippen LogP contribution >= 0.6 is 0 Å². The molecule has 1 atom stereocenters. The molecule has 1 aliphatic carbocycles. The molecule has 18 heavy (non-hydrogen) atoms. The number of amides is 1. The normalized spacial score (nSPS) is 16.4. The van der Waals surface area contributed by atoms with Crippen LogP contribution in [0.5, 0.6) is 0 Å². The second-order valence-electron chi connectivity index (χ2n) is 4.59. The van der Waals surface area contributed by atoms with E-state index < -0.39 is 17.7 Å². The van der Waals surface area contributed by atoms with Gasteiger partial charge in [-0.2, -0.15) is 0 Å². The Bertz CT molecular complexity index is 447. The van der Waals surface area contributed by atoms with E-state index >= 15 is 0 Å². The number of benzene rings is 1. The molecule has 1 saturated carbocycles. The van der Waals surface area contributed by atoms with Crippen molar-refractivity contribution in [2.24, 2.45) is 0 Å². The van der Waals surface area contributed by atoms with Crippen molar-refractivity contribution in [3.63, 3.8) is 0 Å². The monoisotopic (exact) mass is 254 g/mol. The molecule has 3 nitrogen and oxygen atoms in total. The van der Waals surface area contributed by atoms with Crippen LogP contribution in [0.2, 0.25) is 0 Å². The zero-order chi connectivity index (χ0) is 13.1. The molecule has 0 spiro atoms. The van der Waals surface area contributed by atoms with Gasteiger partial charge in [-0.15, -0.1) is 0 Å². The first-order valence-corrected chi connectivity index (χ1v) is 6.04. The van der Waals surface area contributed by atoms with Gasteiger partial charge in [0.05, 0.1) is 6.54 Å². The first kappa shape index (κ1) is 13.0. The highest BCUT2D eigenvalue weighted by Gasteiger charge is 2.23. The summed E-state index contributed by atoms with van der Waals surface area (Å²) in [4.78, 5) is 11.4. The van der Waals surface area contributed by atoms with Crippen molar-refractivity contribution in [1.82, 2.24) is 10.6 Å². The summed E-state index contributed by atoms with van der Waals surface area (Å²) in [5.74, 6) is -1.84. The molecule has 1 aromatic carbocycles. The summed E-state index contributed by atoms with van der Waals surface area (Å²) in [7, 11) is 0. The highest BCUT2D eigenvalue weighted by atomic mass is 19.2. The van der Waals surface area contributed by atoms with Gasteiger partial charge in [-0.05, 0) is 25.8 Å². The average molecular weight is 254 g/mol. The highest BCUT2D eigenvalue weighted by Crippen LogP contribution is 2.19. The van der Waals surface area contributed by atoms with Crippen LogP contribution in [0.4, 0.5) is 8.78 Å². The van der Waals surface area contributed by atoms with Gasteiger partial charge in [0.15, 0.2) is 11.6 Å². The van der Waals surface area contributed by atoms with Crippen LogP contribution in [-0.2, 0) is 4.79 Å². The minimum atomic E-state index is -0.872. The third kappa shape index (κ3) is 3.26. The molecule has 0 radical (unpaired) electrons. The SMILES string of the molecule is CC(NCC(=O)NC1CC1)c1cccc(F)c1F. The summed E-state index contributed by atoms with van der Waals surface area (Å²) in [6.45, 7) is 1.80. The molecule has 2 rings (SSSR count). The summed E-state index contributed by atoms with van der Waals surface area (Å²) >= 11 is 0. The zero-order valence-corrected chi connectivity index (χ0v) is 10.2. The lowest BCUT2D eigenvalue weighted by molar-refractivity contribution is -0.120. The summed E-state index contributed by atoms with van der Waals surface area (Å²) < 4.78 is 26.5. The molecular formula is C13H16F2N2O. The van der Waals surface area contributed by atoms with Gasteiger partial charge in [-0.1, -0.05) is 12.1 Å². The van der Waals surface area contributed by atoms with E-state index in [0.717, 1.165) is 18.9 Å². The number of nitrogens with one attached hydrogen (secondary N) is 2. The average Bonchev–Trinajstić information content (AvgIpc) is 3.13.